The van der Waals surface area contributed by atoms with E-state index < -0.39 is 41.2 Å². The molecule has 35 heavy (non-hydrogen) atoms. The molecular formula is C22H21Cl2F4N5OS. The van der Waals surface area contributed by atoms with E-state index in [2.05, 4.69) is 15.3 Å². The molecule has 0 radical (unpaired) electrons. The summed E-state index contributed by atoms with van der Waals surface area (Å²) in [5, 5.41) is 12.6. The first-order chi connectivity index (χ1) is 16.6. The molecule has 2 heterocycles. The van der Waals surface area contributed by atoms with E-state index in [1.807, 2.05) is 0 Å². The molecule has 2 N–H and O–H groups in total. The fourth-order valence-corrected chi connectivity index (χ4v) is 5.94. The third-order valence-corrected chi connectivity index (χ3v) is 7.58. The summed E-state index contributed by atoms with van der Waals surface area (Å²) in [6.07, 6.45) is -1.20. The van der Waals surface area contributed by atoms with Gasteiger partial charge in [0.25, 0.3) is 0 Å². The monoisotopic (exact) mass is 549 g/mol. The number of rotatable bonds is 6. The van der Waals surface area contributed by atoms with Crippen molar-refractivity contribution in [1.29, 1.82) is 0 Å². The molecule has 6 nitrogen and oxygen atoms in total. The van der Waals surface area contributed by atoms with E-state index in [1.165, 1.54) is 29.8 Å². The molecule has 1 aliphatic carbocycles. The first-order valence-electron chi connectivity index (χ1n) is 10.7. The number of nitrogens with two attached hydrogens (primary N) is 1. The van der Waals surface area contributed by atoms with Gasteiger partial charge in [0.15, 0.2) is 6.04 Å². The van der Waals surface area contributed by atoms with E-state index in [0.717, 1.165) is 22.6 Å². The zero-order valence-electron chi connectivity index (χ0n) is 18.3. The Hall–Kier alpha value is -2.21. The molecule has 1 aromatic carbocycles. The van der Waals surface area contributed by atoms with Crippen LogP contribution in [0.3, 0.4) is 0 Å². The van der Waals surface area contributed by atoms with Crippen LogP contribution in [0.25, 0.3) is 5.57 Å². The average Bonchev–Trinajstić information content (AvgIpc) is 3.47. The Bertz CT molecular complexity index is 1140. The highest BCUT2D eigenvalue weighted by atomic mass is 35.5. The lowest BCUT2D eigenvalue weighted by Crippen LogP contribution is -2.46. The summed E-state index contributed by atoms with van der Waals surface area (Å²) in [7, 11) is 0. The Morgan fingerprint density at radius 1 is 1.34 bits per heavy atom. The van der Waals surface area contributed by atoms with Crippen molar-refractivity contribution in [1.82, 2.24) is 10.2 Å². The zero-order chi connectivity index (χ0) is 25.3. The first-order valence-corrected chi connectivity index (χ1v) is 12.4. The third-order valence-electron chi connectivity index (χ3n) is 6.13. The lowest BCUT2D eigenvalue weighted by molar-refractivity contribution is -0.153. The molecular weight excluding hydrogens is 529 g/mol. The molecule has 5 atom stereocenters. The molecule has 0 fully saturated rings. The molecule has 1 aromatic heterocycles. The molecule has 0 amide bonds. The van der Waals surface area contributed by atoms with Gasteiger partial charge in [-0.25, -0.2) is 4.39 Å². The van der Waals surface area contributed by atoms with Crippen molar-refractivity contribution < 1.29 is 22.4 Å². The summed E-state index contributed by atoms with van der Waals surface area (Å²) in [5.41, 5.74) is 1.77. The van der Waals surface area contributed by atoms with Crippen LogP contribution in [0.5, 0.6) is 0 Å². The van der Waals surface area contributed by atoms with Crippen molar-refractivity contribution in [2.75, 3.05) is 5.01 Å². The molecule has 0 saturated carbocycles. The molecule has 4 rings (SSSR count). The minimum Gasteiger partial charge on any atom is -0.415 e. The smallest absolute Gasteiger partial charge is 0.411 e. The van der Waals surface area contributed by atoms with Gasteiger partial charge < -0.3 is 4.84 Å². The highest BCUT2D eigenvalue weighted by Gasteiger charge is 2.54. The molecule has 2 aromatic rings. The second-order valence-corrected chi connectivity index (χ2v) is 10.1. The number of alkyl halides is 4. The second kappa shape index (κ2) is 10.4. The topological polar surface area (TPSA) is 76.6 Å². The van der Waals surface area contributed by atoms with Crippen LogP contribution in [-0.4, -0.2) is 34.0 Å². The molecule has 0 spiro atoms. The maximum atomic E-state index is 14.9. The molecule has 2 aliphatic rings. The van der Waals surface area contributed by atoms with Crippen molar-refractivity contribution in [3.63, 3.8) is 0 Å². The van der Waals surface area contributed by atoms with Gasteiger partial charge in [-0.05, 0) is 37.0 Å². The fraction of sp³-hybridized carbons (Fsp3) is 0.409. The number of nitrogens with zero attached hydrogens (tertiary/aromatic N) is 4. The van der Waals surface area contributed by atoms with E-state index in [0.29, 0.717) is 12.8 Å². The molecule has 188 valence electrons. The summed E-state index contributed by atoms with van der Waals surface area (Å²) in [6, 6.07) is 3.75. The molecule has 4 unspecified atom stereocenters. The van der Waals surface area contributed by atoms with Crippen LogP contribution in [0, 0.1) is 17.8 Å². The van der Waals surface area contributed by atoms with Crippen LogP contribution in [0.2, 0.25) is 5.02 Å². The standard InChI is InChI=1S/C22H21Cl2F4N5OS/c1-11(17-15(24)6-3-7-16(17)25)18(21-32-30-10-35-21)19(34-29)14-9-31-33(20(14)22(26,27)28)13-5-2-4-12(23)8-13/h2,4-5,7-11,14-15,17,20H,3,6,29H2,1H3/b19-18+/t11?,14?,15-,17?,20?/m1/s1. The van der Waals surface area contributed by atoms with Crippen LogP contribution in [0.15, 0.2) is 52.5 Å². The van der Waals surface area contributed by atoms with E-state index in [-0.39, 0.29) is 27.0 Å². The quantitative estimate of drug-likeness (QED) is 0.196. The number of halogens is 6. The van der Waals surface area contributed by atoms with Crippen molar-refractivity contribution in [2.45, 2.75) is 37.4 Å². The van der Waals surface area contributed by atoms with E-state index >= 15 is 0 Å². The van der Waals surface area contributed by atoms with E-state index in [4.69, 9.17) is 33.9 Å². The number of aromatic nitrogens is 2. The Labute approximate surface area is 213 Å². The highest BCUT2D eigenvalue weighted by molar-refractivity contribution is 7.10. The Morgan fingerprint density at radius 2 is 2.11 bits per heavy atom. The van der Waals surface area contributed by atoms with Gasteiger partial charge in [0.1, 0.15) is 22.1 Å². The molecule has 0 saturated heterocycles. The SMILES string of the molecule is CC(/C(=C(\ON)C1C=NN(c2cccc(Cl)c2)C1C(F)(F)F)c1nncs1)C1C(F)=CCC[C@H]1Cl. The van der Waals surface area contributed by atoms with Crippen molar-refractivity contribution in [3.8, 4) is 0 Å². The molecule has 13 heteroatoms. The maximum absolute atomic E-state index is 14.9. The van der Waals surface area contributed by atoms with Crippen molar-refractivity contribution >= 4 is 52.0 Å². The summed E-state index contributed by atoms with van der Waals surface area (Å²) in [4.78, 5) is 5.13. The Balaban J connectivity index is 1.85. The van der Waals surface area contributed by atoms with Crippen LogP contribution in [0.1, 0.15) is 24.8 Å². The van der Waals surface area contributed by atoms with Gasteiger partial charge in [0.2, 0.25) is 0 Å². The van der Waals surface area contributed by atoms with Crippen molar-refractivity contribution in [2.24, 2.45) is 28.8 Å². The molecule has 0 bridgehead atoms. The minimum absolute atomic E-state index is 0.141. The number of benzene rings is 1. The number of allylic oxidation sites excluding steroid dienone is 3. The van der Waals surface area contributed by atoms with Gasteiger partial charge in [-0.3, -0.25) is 5.01 Å². The minimum atomic E-state index is -4.74. The predicted molar refractivity (Wildman–Crippen MR) is 129 cm³/mol. The van der Waals surface area contributed by atoms with Crippen LogP contribution in [0.4, 0.5) is 23.2 Å². The average molecular weight is 550 g/mol. The Kier molecular flexibility index (Phi) is 7.70. The van der Waals surface area contributed by atoms with Crippen LogP contribution < -0.4 is 10.9 Å². The number of hydrogen-bond acceptors (Lipinski definition) is 7. The normalized spacial score (nSPS) is 26.4. The summed E-state index contributed by atoms with van der Waals surface area (Å²) in [5.74, 6) is 1.96. The largest absolute Gasteiger partial charge is 0.415 e. The fourth-order valence-electron chi connectivity index (χ4n) is 4.59. The van der Waals surface area contributed by atoms with Gasteiger partial charge in [0.05, 0.1) is 11.6 Å². The van der Waals surface area contributed by atoms with Gasteiger partial charge in [-0.2, -0.15) is 24.2 Å². The Morgan fingerprint density at radius 3 is 2.71 bits per heavy atom. The first kappa shape index (κ1) is 25.9. The second-order valence-electron chi connectivity index (χ2n) is 8.24. The zero-order valence-corrected chi connectivity index (χ0v) is 20.6. The number of hydrazone groups is 1. The summed E-state index contributed by atoms with van der Waals surface area (Å²) in [6.45, 7) is 1.66. The van der Waals surface area contributed by atoms with E-state index in [9.17, 15) is 17.6 Å². The van der Waals surface area contributed by atoms with E-state index in [1.54, 1.807) is 13.0 Å². The molecule has 1 aliphatic heterocycles. The highest BCUT2D eigenvalue weighted by Crippen LogP contribution is 2.47. The van der Waals surface area contributed by atoms with Gasteiger partial charge in [-0.1, -0.05) is 30.7 Å². The predicted octanol–water partition coefficient (Wildman–Crippen LogP) is 6.35. The number of hydrogen-bond donors (Lipinski definition) is 1. The van der Waals surface area contributed by atoms with Crippen molar-refractivity contribution in [3.05, 3.63) is 57.5 Å². The number of anilines is 1. The summed E-state index contributed by atoms with van der Waals surface area (Å²) < 4.78 is 58.2. The third kappa shape index (κ3) is 5.18. The van der Waals surface area contributed by atoms with Gasteiger partial charge in [0, 0.05) is 28.1 Å². The maximum Gasteiger partial charge on any atom is 0.411 e. The van der Waals surface area contributed by atoms with Crippen LogP contribution in [-0.2, 0) is 4.84 Å². The van der Waals surface area contributed by atoms with Gasteiger partial charge in [-0.15, -0.1) is 33.1 Å². The lowest BCUT2D eigenvalue weighted by Gasteiger charge is -2.34. The van der Waals surface area contributed by atoms with Crippen LogP contribution >= 0.6 is 34.5 Å². The lowest BCUT2D eigenvalue weighted by atomic mass is 9.78. The summed E-state index contributed by atoms with van der Waals surface area (Å²) >= 11 is 13.6. The van der Waals surface area contributed by atoms with Gasteiger partial charge >= 0.3 is 6.18 Å².